The summed E-state index contributed by atoms with van der Waals surface area (Å²) in [5, 5.41) is 3.51. The van der Waals surface area contributed by atoms with Crippen molar-refractivity contribution in [2.75, 3.05) is 19.1 Å². The Morgan fingerprint density at radius 2 is 2.00 bits per heavy atom. The highest BCUT2D eigenvalue weighted by Gasteiger charge is 2.27. The zero-order valence-corrected chi connectivity index (χ0v) is 11.3. The normalized spacial score (nSPS) is 11.6. The van der Waals surface area contributed by atoms with Crippen molar-refractivity contribution in [2.45, 2.75) is 4.90 Å². The fraction of sp³-hybridized carbons (Fsp3) is 0.182. The van der Waals surface area contributed by atoms with Gasteiger partial charge in [-0.3, -0.25) is 0 Å². The molecule has 0 radical (unpaired) electrons. The minimum atomic E-state index is -4.09. The van der Waals surface area contributed by atoms with E-state index in [1.807, 2.05) is 0 Å². The van der Waals surface area contributed by atoms with E-state index in [-0.39, 0.29) is 17.1 Å². The molecule has 1 heterocycles. The molecule has 2 N–H and O–H groups in total. The van der Waals surface area contributed by atoms with Gasteiger partial charge in [-0.05, 0) is 6.07 Å². The van der Waals surface area contributed by atoms with Crippen molar-refractivity contribution in [1.29, 1.82) is 0 Å². The van der Waals surface area contributed by atoms with Gasteiger partial charge in [-0.1, -0.05) is 5.16 Å². The summed E-state index contributed by atoms with van der Waals surface area (Å²) in [4.78, 5) is -1.06. The summed E-state index contributed by atoms with van der Waals surface area (Å²) in [6.07, 6.45) is 0.696. The number of aromatic nitrogens is 1. The zero-order valence-electron chi connectivity index (χ0n) is 10.5. The van der Waals surface area contributed by atoms with Crippen molar-refractivity contribution in [3.8, 4) is 17.0 Å². The molecule has 6 nitrogen and oxygen atoms in total. The quantitative estimate of drug-likeness (QED) is 0.925. The molecule has 0 spiro atoms. The number of hydrogen-bond donors (Lipinski definition) is 1. The van der Waals surface area contributed by atoms with E-state index in [4.69, 9.17) is 10.5 Å². The molecule has 0 saturated carbocycles. The maximum absolute atomic E-state index is 14.1. The second-order valence-corrected chi connectivity index (χ2v) is 5.92. The van der Waals surface area contributed by atoms with Gasteiger partial charge in [0.1, 0.15) is 16.4 Å². The summed E-state index contributed by atoms with van der Waals surface area (Å²) in [6.45, 7) is 0. The molecule has 1 aromatic carbocycles. The molecule has 0 atom stereocenters. The number of hydrogen-bond acceptors (Lipinski definition) is 6. The third-order valence-electron chi connectivity index (χ3n) is 2.51. The Bertz CT molecular complexity index is 771. The standard InChI is InChI=1S/C11H10F2N2O4S/c1-18-10-5(7-4-8(14)19-15-7)3-6(12)11(9(10)13)20(2,16)17/h3-4H,14H2,1-2H3. The monoisotopic (exact) mass is 304 g/mol. The number of sulfone groups is 1. The van der Waals surface area contributed by atoms with E-state index >= 15 is 0 Å². The van der Waals surface area contributed by atoms with Crippen molar-refractivity contribution < 1.29 is 26.5 Å². The van der Waals surface area contributed by atoms with E-state index in [9.17, 15) is 17.2 Å². The molecule has 2 aromatic rings. The Labute approximate surface area is 113 Å². The molecule has 0 saturated heterocycles. The lowest BCUT2D eigenvalue weighted by Crippen LogP contribution is -2.07. The van der Waals surface area contributed by atoms with Crippen LogP contribution in [0.2, 0.25) is 0 Å². The van der Waals surface area contributed by atoms with Gasteiger partial charge >= 0.3 is 0 Å². The van der Waals surface area contributed by atoms with E-state index in [0.717, 1.165) is 13.2 Å². The first-order valence-electron chi connectivity index (χ1n) is 5.24. The minimum absolute atomic E-state index is 0.0252. The van der Waals surface area contributed by atoms with Crippen LogP contribution in [0.25, 0.3) is 11.3 Å². The first-order chi connectivity index (χ1) is 9.25. The van der Waals surface area contributed by atoms with Gasteiger partial charge in [0.05, 0.1) is 12.7 Å². The number of methoxy groups -OCH3 is 1. The molecule has 1 aromatic heterocycles. The molecule has 20 heavy (non-hydrogen) atoms. The lowest BCUT2D eigenvalue weighted by atomic mass is 10.1. The lowest BCUT2D eigenvalue weighted by Gasteiger charge is -2.11. The molecule has 0 aliphatic rings. The minimum Gasteiger partial charge on any atom is -0.493 e. The molecule has 0 bridgehead atoms. The molecule has 0 fully saturated rings. The van der Waals surface area contributed by atoms with Crippen LogP contribution in [0.3, 0.4) is 0 Å². The van der Waals surface area contributed by atoms with E-state index in [1.165, 1.54) is 6.07 Å². The van der Waals surface area contributed by atoms with Gasteiger partial charge in [0.25, 0.3) is 0 Å². The van der Waals surface area contributed by atoms with Gasteiger partial charge in [0.2, 0.25) is 5.88 Å². The lowest BCUT2D eigenvalue weighted by molar-refractivity contribution is 0.376. The van der Waals surface area contributed by atoms with Gasteiger partial charge in [-0.2, -0.15) is 0 Å². The Kier molecular flexibility index (Phi) is 3.38. The molecule has 0 unspecified atom stereocenters. The third kappa shape index (κ3) is 2.31. The second kappa shape index (κ2) is 4.75. The number of benzene rings is 1. The number of anilines is 1. The highest BCUT2D eigenvalue weighted by molar-refractivity contribution is 7.90. The van der Waals surface area contributed by atoms with Crippen LogP contribution in [0.5, 0.6) is 5.75 Å². The van der Waals surface area contributed by atoms with Gasteiger partial charge < -0.3 is 15.0 Å². The Morgan fingerprint density at radius 1 is 1.35 bits per heavy atom. The Morgan fingerprint density at radius 3 is 2.45 bits per heavy atom. The van der Waals surface area contributed by atoms with Crippen LogP contribution in [-0.4, -0.2) is 26.9 Å². The van der Waals surface area contributed by atoms with E-state index in [0.29, 0.717) is 6.26 Å². The van der Waals surface area contributed by atoms with Gasteiger partial charge in [0, 0.05) is 12.3 Å². The smallest absolute Gasteiger partial charge is 0.222 e. The van der Waals surface area contributed by atoms with Crippen molar-refractivity contribution >= 4 is 15.7 Å². The van der Waals surface area contributed by atoms with Crippen molar-refractivity contribution in [3.05, 3.63) is 23.8 Å². The molecule has 9 heteroatoms. The maximum atomic E-state index is 14.1. The van der Waals surface area contributed by atoms with E-state index in [1.54, 1.807) is 0 Å². The van der Waals surface area contributed by atoms with Crippen LogP contribution >= 0.6 is 0 Å². The fourth-order valence-electron chi connectivity index (χ4n) is 1.73. The fourth-order valence-corrected chi connectivity index (χ4v) is 2.56. The first-order valence-corrected chi connectivity index (χ1v) is 7.13. The maximum Gasteiger partial charge on any atom is 0.222 e. The average molecular weight is 304 g/mol. The summed E-state index contributed by atoms with van der Waals surface area (Å²) in [6, 6.07) is 2.03. The number of halogens is 2. The topological polar surface area (TPSA) is 95.4 Å². The van der Waals surface area contributed by atoms with Crippen LogP contribution in [0.15, 0.2) is 21.6 Å². The second-order valence-electron chi connectivity index (χ2n) is 3.97. The summed E-state index contributed by atoms with van der Waals surface area (Å²) in [5.74, 6) is -3.09. The van der Waals surface area contributed by atoms with Crippen LogP contribution in [0.1, 0.15) is 0 Å². The number of nitrogens with zero attached hydrogens (tertiary/aromatic N) is 1. The molecule has 0 aliphatic heterocycles. The van der Waals surface area contributed by atoms with Crippen molar-refractivity contribution in [2.24, 2.45) is 0 Å². The van der Waals surface area contributed by atoms with Gasteiger partial charge in [-0.25, -0.2) is 17.2 Å². The van der Waals surface area contributed by atoms with E-state index < -0.39 is 32.1 Å². The highest BCUT2D eigenvalue weighted by atomic mass is 32.2. The SMILES string of the molecule is COc1c(-c2cc(N)on2)cc(F)c(S(C)(=O)=O)c1F. The predicted molar refractivity (Wildman–Crippen MR) is 65.9 cm³/mol. The van der Waals surface area contributed by atoms with Crippen molar-refractivity contribution in [3.63, 3.8) is 0 Å². The molecule has 2 rings (SSSR count). The van der Waals surface area contributed by atoms with Crippen molar-refractivity contribution in [1.82, 2.24) is 5.16 Å². The first kappa shape index (κ1) is 14.3. The molecule has 0 amide bonds. The van der Waals surface area contributed by atoms with Crippen LogP contribution in [0, 0.1) is 11.6 Å². The van der Waals surface area contributed by atoms with Crippen LogP contribution in [0.4, 0.5) is 14.7 Å². The largest absolute Gasteiger partial charge is 0.493 e. The molecular formula is C11H10F2N2O4S. The molecule has 108 valence electrons. The number of nitrogens with two attached hydrogens (primary N) is 1. The number of ether oxygens (including phenoxy) is 1. The van der Waals surface area contributed by atoms with Crippen LogP contribution < -0.4 is 10.5 Å². The van der Waals surface area contributed by atoms with E-state index in [2.05, 4.69) is 9.68 Å². The summed E-state index contributed by atoms with van der Waals surface area (Å²) in [7, 11) is -2.97. The highest BCUT2D eigenvalue weighted by Crippen LogP contribution is 2.37. The number of nitrogen functional groups attached to an aromatic ring is 1. The zero-order chi connectivity index (χ0) is 15.1. The third-order valence-corrected chi connectivity index (χ3v) is 3.63. The summed E-state index contributed by atoms with van der Waals surface area (Å²) < 4.78 is 60.2. The average Bonchev–Trinajstić information content (AvgIpc) is 2.73. The Balaban J connectivity index is 2.80. The molecular weight excluding hydrogens is 294 g/mol. The Hall–Kier alpha value is -2.16. The predicted octanol–water partition coefficient (Wildman–Crippen LogP) is 1.61. The van der Waals surface area contributed by atoms with Crippen LogP contribution in [-0.2, 0) is 9.84 Å². The summed E-state index contributed by atoms with van der Waals surface area (Å²) in [5.41, 5.74) is 5.25. The van der Waals surface area contributed by atoms with Gasteiger partial charge in [-0.15, -0.1) is 0 Å². The molecule has 0 aliphatic carbocycles. The summed E-state index contributed by atoms with van der Waals surface area (Å²) >= 11 is 0. The number of rotatable bonds is 3. The van der Waals surface area contributed by atoms with Gasteiger partial charge in [0.15, 0.2) is 21.4 Å².